The third kappa shape index (κ3) is 2.76. The maximum absolute atomic E-state index is 13.2. The van der Waals surface area contributed by atoms with Crippen LogP contribution < -0.4 is 0 Å². The second-order valence-corrected chi connectivity index (χ2v) is 7.98. The fraction of sp³-hybridized carbons (Fsp3) is 0.400. The first kappa shape index (κ1) is 16.3. The Morgan fingerprint density at radius 3 is 2.48 bits per heavy atom. The molecule has 0 N–H and O–H groups in total. The van der Waals surface area contributed by atoms with Gasteiger partial charge in [0.15, 0.2) is 4.96 Å². The molecule has 25 heavy (non-hydrogen) atoms. The minimum atomic E-state index is 0.161. The molecule has 0 spiro atoms. The number of rotatable bonds is 2. The van der Waals surface area contributed by atoms with E-state index in [0.717, 1.165) is 39.6 Å². The van der Waals surface area contributed by atoms with Crippen LogP contribution in [0.25, 0.3) is 16.2 Å². The third-order valence-electron chi connectivity index (χ3n) is 5.25. The van der Waals surface area contributed by atoms with Crippen molar-refractivity contribution < 1.29 is 4.79 Å². The first-order chi connectivity index (χ1) is 12.1. The normalized spacial score (nSPS) is 21.0. The van der Waals surface area contributed by atoms with Crippen LogP contribution in [0.4, 0.5) is 0 Å². The number of hydrogen-bond acceptors (Lipinski definition) is 3. The Hall–Kier alpha value is -2.14. The van der Waals surface area contributed by atoms with E-state index in [2.05, 4.69) is 35.3 Å². The summed E-state index contributed by atoms with van der Waals surface area (Å²) >= 11 is 1.51. The molecule has 1 amide bonds. The minimum Gasteiger partial charge on any atom is -0.332 e. The highest BCUT2D eigenvalue weighted by Crippen LogP contribution is 2.31. The number of aryl methyl sites for hydroxylation is 1. The first-order valence-corrected chi connectivity index (χ1v) is 9.74. The highest BCUT2D eigenvalue weighted by atomic mass is 32.1. The summed E-state index contributed by atoms with van der Waals surface area (Å²) in [6.07, 6.45) is 5.43. The monoisotopic (exact) mass is 353 g/mol. The van der Waals surface area contributed by atoms with Crippen molar-refractivity contribution in [3.8, 4) is 11.3 Å². The lowest BCUT2D eigenvalue weighted by Crippen LogP contribution is -2.47. The molecule has 1 aromatic carbocycles. The lowest BCUT2D eigenvalue weighted by Gasteiger charge is -2.38. The number of carbonyl (C=O) groups is 1. The van der Waals surface area contributed by atoms with E-state index in [-0.39, 0.29) is 5.91 Å². The fourth-order valence-electron chi connectivity index (χ4n) is 3.84. The molecule has 3 aromatic rings. The van der Waals surface area contributed by atoms with Crippen molar-refractivity contribution >= 4 is 22.2 Å². The van der Waals surface area contributed by atoms with Crippen molar-refractivity contribution in [2.45, 2.75) is 52.1 Å². The summed E-state index contributed by atoms with van der Waals surface area (Å²) in [6, 6.07) is 10.8. The average Bonchev–Trinajstić information content (AvgIpc) is 3.15. The number of thiazole rings is 1. The maximum atomic E-state index is 13.2. The van der Waals surface area contributed by atoms with E-state index in [0.29, 0.717) is 12.1 Å². The highest BCUT2D eigenvalue weighted by molar-refractivity contribution is 7.19. The van der Waals surface area contributed by atoms with Crippen LogP contribution >= 0.6 is 11.3 Å². The molecule has 130 valence electrons. The van der Waals surface area contributed by atoms with Gasteiger partial charge in [0.1, 0.15) is 4.88 Å². The van der Waals surface area contributed by atoms with Crippen molar-refractivity contribution in [1.29, 1.82) is 0 Å². The van der Waals surface area contributed by atoms with E-state index < -0.39 is 0 Å². The maximum Gasteiger partial charge on any atom is 0.266 e. The van der Waals surface area contributed by atoms with Crippen LogP contribution in [0.1, 0.15) is 48.5 Å². The topological polar surface area (TPSA) is 37.6 Å². The average molecular weight is 353 g/mol. The van der Waals surface area contributed by atoms with Gasteiger partial charge in [-0.2, -0.15) is 0 Å². The van der Waals surface area contributed by atoms with Crippen molar-refractivity contribution in [2.75, 3.05) is 0 Å². The largest absolute Gasteiger partial charge is 0.332 e. The molecule has 1 aliphatic rings. The quantitative estimate of drug-likeness (QED) is 0.665. The number of benzene rings is 1. The van der Waals surface area contributed by atoms with Gasteiger partial charge in [0.25, 0.3) is 5.91 Å². The summed E-state index contributed by atoms with van der Waals surface area (Å²) in [7, 11) is 0. The fourth-order valence-corrected chi connectivity index (χ4v) is 4.89. The van der Waals surface area contributed by atoms with E-state index >= 15 is 0 Å². The predicted molar refractivity (Wildman–Crippen MR) is 102 cm³/mol. The number of hydrogen-bond donors (Lipinski definition) is 0. The molecule has 4 nitrogen and oxygen atoms in total. The van der Waals surface area contributed by atoms with Gasteiger partial charge in [0, 0.05) is 29.5 Å². The third-order valence-corrected chi connectivity index (χ3v) is 6.39. The van der Waals surface area contributed by atoms with Crippen LogP contribution in [0.15, 0.2) is 36.5 Å². The zero-order chi connectivity index (χ0) is 17.6. The summed E-state index contributed by atoms with van der Waals surface area (Å²) in [5.74, 6) is 0.161. The minimum absolute atomic E-state index is 0.161. The van der Waals surface area contributed by atoms with Gasteiger partial charge in [-0.25, -0.2) is 4.98 Å². The number of likely N-dealkylation sites (tertiary alicyclic amines) is 1. The van der Waals surface area contributed by atoms with Crippen molar-refractivity contribution in [1.82, 2.24) is 14.3 Å². The standard InChI is InChI=1S/C20H23N3OS/c1-13-8-7-9-14(2)23(13)19(24)18-15(3)22-12-17(21-20(22)25-18)16-10-5-4-6-11-16/h4-6,10-14H,7-9H2,1-3H3. The van der Waals surface area contributed by atoms with Crippen LogP contribution in [0.5, 0.6) is 0 Å². The molecule has 0 saturated carbocycles. The van der Waals surface area contributed by atoms with Crippen LogP contribution in [0.2, 0.25) is 0 Å². The van der Waals surface area contributed by atoms with Crippen LogP contribution in [0, 0.1) is 6.92 Å². The number of fused-ring (bicyclic) bond motifs is 1. The Labute approximate surface area is 152 Å². The SMILES string of the molecule is Cc1c(C(=O)N2C(C)CCCC2C)sc2nc(-c3ccccc3)cn12. The molecule has 1 fully saturated rings. The molecule has 0 bridgehead atoms. The number of piperidine rings is 1. The molecule has 3 heterocycles. The number of imidazole rings is 1. The lowest BCUT2D eigenvalue weighted by atomic mass is 9.97. The molecule has 0 aliphatic carbocycles. The zero-order valence-corrected chi connectivity index (χ0v) is 15.7. The molecule has 1 aliphatic heterocycles. The molecule has 4 rings (SSSR count). The van der Waals surface area contributed by atoms with Gasteiger partial charge in [0.2, 0.25) is 0 Å². The highest BCUT2D eigenvalue weighted by Gasteiger charge is 2.32. The van der Waals surface area contributed by atoms with Crippen molar-refractivity contribution in [3.63, 3.8) is 0 Å². The van der Waals surface area contributed by atoms with E-state index in [4.69, 9.17) is 4.98 Å². The van der Waals surface area contributed by atoms with Gasteiger partial charge < -0.3 is 4.90 Å². The number of aromatic nitrogens is 2. The van der Waals surface area contributed by atoms with Crippen LogP contribution in [-0.2, 0) is 0 Å². The number of carbonyl (C=O) groups excluding carboxylic acids is 1. The van der Waals surface area contributed by atoms with Gasteiger partial charge in [-0.15, -0.1) is 0 Å². The van der Waals surface area contributed by atoms with Crippen molar-refractivity contribution in [2.24, 2.45) is 0 Å². The Bertz CT molecular complexity index is 902. The van der Waals surface area contributed by atoms with Crippen LogP contribution in [-0.4, -0.2) is 32.3 Å². The number of nitrogens with zero attached hydrogens (tertiary/aromatic N) is 3. The Balaban J connectivity index is 1.70. The molecule has 2 aromatic heterocycles. The Morgan fingerprint density at radius 1 is 1.16 bits per heavy atom. The molecule has 1 saturated heterocycles. The lowest BCUT2D eigenvalue weighted by molar-refractivity contribution is 0.0515. The van der Waals surface area contributed by atoms with E-state index in [1.165, 1.54) is 17.8 Å². The molecule has 5 heteroatoms. The van der Waals surface area contributed by atoms with E-state index in [1.807, 2.05) is 31.3 Å². The molecular formula is C20H23N3OS. The smallest absolute Gasteiger partial charge is 0.266 e. The van der Waals surface area contributed by atoms with Gasteiger partial charge in [-0.05, 0) is 40.0 Å². The van der Waals surface area contributed by atoms with Crippen molar-refractivity contribution in [3.05, 3.63) is 47.1 Å². The predicted octanol–water partition coefficient (Wildman–Crippen LogP) is 4.77. The van der Waals surface area contributed by atoms with Crippen LogP contribution in [0.3, 0.4) is 0 Å². The summed E-state index contributed by atoms with van der Waals surface area (Å²) < 4.78 is 2.06. The summed E-state index contributed by atoms with van der Waals surface area (Å²) in [5.41, 5.74) is 3.04. The molecular weight excluding hydrogens is 330 g/mol. The van der Waals surface area contributed by atoms with Gasteiger partial charge in [0.05, 0.1) is 5.69 Å². The second-order valence-electron chi connectivity index (χ2n) is 7.00. The molecule has 2 unspecified atom stereocenters. The molecule has 0 radical (unpaired) electrons. The Kier molecular flexibility index (Phi) is 4.12. The van der Waals surface area contributed by atoms with Gasteiger partial charge in [-0.3, -0.25) is 9.20 Å². The van der Waals surface area contributed by atoms with E-state index in [1.54, 1.807) is 0 Å². The Morgan fingerprint density at radius 2 is 1.84 bits per heavy atom. The summed E-state index contributed by atoms with van der Waals surface area (Å²) in [6.45, 7) is 6.34. The van der Waals surface area contributed by atoms with E-state index in [9.17, 15) is 4.79 Å². The summed E-state index contributed by atoms with van der Waals surface area (Å²) in [4.78, 5) is 21.7. The summed E-state index contributed by atoms with van der Waals surface area (Å²) in [5, 5.41) is 0. The number of amides is 1. The first-order valence-electron chi connectivity index (χ1n) is 8.93. The molecule has 2 atom stereocenters. The van der Waals surface area contributed by atoms with Gasteiger partial charge in [-0.1, -0.05) is 41.7 Å². The van der Waals surface area contributed by atoms with Gasteiger partial charge >= 0.3 is 0 Å². The second kappa shape index (κ2) is 6.30. The zero-order valence-electron chi connectivity index (χ0n) is 14.9.